The Balaban J connectivity index is 1.45. The van der Waals surface area contributed by atoms with Gasteiger partial charge in [0.05, 0.1) is 36.3 Å². The Hall–Kier alpha value is -1.66. The summed E-state index contributed by atoms with van der Waals surface area (Å²) in [5.41, 5.74) is -0.0139. The summed E-state index contributed by atoms with van der Waals surface area (Å²) in [5, 5.41) is 42.1. The highest BCUT2D eigenvalue weighted by Gasteiger charge is 2.60. The van der Waals surface area contributed by atoms with Crippen molar-refractivity contribution in [1.82, 2.24) is 15.1 Å². The van der Waals surface area contributed by atoms with Gasteiger partial charge < -0.3 is 35.5 Å². The zero-order chi connectivity index (χ0) is 21.9. The van der Waals surface area contributed by atoms with E-state index in [1.807, 2.05) is 6.92 Å². The summed E-state index contributed by atoms with van der Waals surface area (Å²) in [6, 6.07) is -0.820. The van der Waals surface area contributed by atoms with Gasteiger partial charge in [-0.25, -0.2) is 4.79 Å². The highest BCUT2D eigenvalue weighted by atomic mass is 32.2. The predicted molar refractivity (Wildman–Crippen MR) is 106 cm³/mol. The molecule has 4 aliphatic heterocycles. The summed E-state index contributed by atoms with van der Waals surface area (Å²) >= 11 is 1.38. The first-order chi connectivity index (χ1) is 14.1. The predicted octanol–water partition coefficient (Wildman–Crippen LogP) is -1.83. The highest BCUT2D eigenvalue weighted by Crippen LogP contribution is 2.51. The van der Waals surface area contributed by atoms with Gasteiger partial charge >= 0.3 is 5.97 Å². The van der Waals surface area contributed by atoms with Crippen LogP contribution >= 0.6 is 11.8 Å². The molecule has 0 aromatic heterocycles. The van der Waals surface area contributed by atoms with E-state index in [0.29, 0.717) is 17.9 Å². The zero-order valence-corrected chi connectivity index (χ0v) is 17.6. The summed E-state index contributed by atoms with van der Waals surface area (Å²) in [4.78, 5) is 40.3. The van der Waals surface area contributed by atoms with Crippen LogP contribution in [0.5, 0.6) is 0 Å². The summed E-state index contributed by atoms with van der Waals surface area (Å²) in [6.45, 7) is 4.11. The lowest BCUT2D eigenvalue weighted by Crippen LogP contribution is -2.63. The fourth-order valence-corrected chi connectivity index (χ4v) is 6.49. The van der Waals surface area contributed by atoms with E-state index >= 15 is 0 Å². The molecule has 8 atom stereocenters. The second kappa shape index (κ2) is 7.79. The summed E-state index contributed by atoms with van der Waals surface area (Å²) < 4.78 is 0. The fraction of sp³-hybridized carbons (Fsp3) is 0.737. The molecule has 2 amide bonds. The van der Waals surface area contributed by atoms with Gasteiger partial charge in [0.15, 0.2) is 0 Å². The molecule has 0 aliphatic carbocycles. The standard InChI is InChI=1S/C19H27N3O7S/c1-7-14-13(8(2)23)18(27)22(14)15(19(28)29)16(7)30-9-3-10(20-4-9)17(26)21-5-11(24)12(25)6-21/h7-14,20,23-25H,3-6H2,1-2H3,(H,28,29)/t7-,8+,9+,10+,11+,12+,13-,14-/m1/s1. The molecule has 0 aromatic rings. The first-order valence-corrected chi connectivity index (χ1v) is 11.0. The molecule has 4 rings (SSSR count). The first-order valence-electron chi connectivity index (χ1n) is 10.1. The SMILES string of the molecule is C[C@H](O)[C@H]1C(=O)N2C(C(=O)O)=C(S[C@@H]3CN[C@H](C(=O)N4C[C@H](O)[C@@H](O)C4)C3)[C@H](C)[C@H]12. The molecule has 0 unspecified atom stereocenters. The van der Waals surface area contributed by atoms with Crippen LogP contribution in [0.1, 0.15) is 20.3 Å². The van der Waals surface area contributed by atoms with Gasteiger partial charge in [-0.1, -0.05) is 6.92 Å². The van der Waals surface area contributed by atoms with Gasteiger partial charge in [0.25, 0.3) is 0 Å². The number of aliphatic hydroxyl groups excluding tert-OH is 3. The van der Waals surface area contributed by atoms with Crippen molar-refractivity contribution in [2.45, 2.75) is 55.9 Å². The molecule has 0 bridgehead atoms. The number of hydrogen-bond acceptors (Lipinski definition) is 8. The van der Waals surface area contributed by atoms with Crippen LogP contribution in [0.2, 0.25) is 0 Å². The van der Waals surface area contributed by atoms with E-state index in [1.165, 1.54) is 21.6 Å². The van der Waals surface area contributed by atoms with Gasteiger partial charge in [-0.2, -0.15) is 0 Å². The minimum Gasteiger partial charge on any atom is -0.477 e. The first kappa shape index (κ1) is 21.6. The van der Waals surface area contributed by atoms with E-state index in [0.717, 1.165) is 0 Å². The van der Waals surface area contributed by atoms with Gasteiger partial charge in [-0.3, -0.25) is 9.59 Å². The van der Waals surface area contributed by atoms with E-state index < -0.39 is 36.2 Å². The Kier molecular flexibility index (Phi) is 5.60. The number of carboxylic acids is 1. The number of carbonyl (C=O) groups is 3. The van der Waals surface area contributed by atoms with Crippen LogP contribution in [0, 0.1) is 11.8 Å². The Bertz CT molecular complexity index is 793. The summed E-state index contributed by atoms with van der Waals surface area (Å²) in [6.07, 6.45) is -2.24. The van der Waals surface area contributed by atoms with Crippen LogP contribution in [0.4, 0.5) is 0 Å². The van der Waals surface area contributed by atoms with E-state index in [9.17, 15) is 34.8 Å². The molecule has 4 heterocycles. The maximum Gasteiger partial charge on any atom is 0.353 e. The van der Waals surface area contributed by atoms with Crippen molar-refractivity contribution >= 4 is 29.5 Å². The molecule has 3 fully saturated rings. The van der Waals surface area contributed by atoms with Crippen molar-refractivity contribution in [1.29, 1.82) is 0 Å². The van der Waals surface area contributed by atoms with E-state index in [4.69, 9.17) is 0 Å². The largest absolute Gasteiger partial charge is 0.477 e. The number of nitrogens with one attached hydrogen (secondary N) is 1. The van der Waals surface area contributed by atoms with Crippen molar-refractivity contribution in [3.05, 3.63) is 10.6 Å². The molecule has 5 N–H and O–H groups in total. The van der Waals surface area contributed by atoms with Gasteiger partial charge in [0.2, 0.25) is 11.8 Å². The number of likely N-dealkylation sites (tertiary alicyclic amines) is 1. The number of aliphatic carboxylic acids is 1. The van der Waals surface area contributed by atoms with E-state index in [2.05, 4.69) is 5.32 Å². The number of carbonyl (C=O) groups excluding carboxylic acids is 2. The summed E-state index contributed by atoms with van der Waals surface area (Å²) in [7, 11) is 0. The second-order valence-corrected chi connectivity index (χ2v) is 9.93. The van der Waals surface area contributed by atoms with Crippen molar-refractivity contribution in [3.8, 4) is 0 Å². The number of carboxylic acid groups (broad SMARTS) is 1. The maximum atomic E-state index is 12.7. The average molecular weight is 442 g/mol. The van der Waals surface area contributed by atoms with Crippen LogP contribution in [-0.2, 0) is 14.4 Å². The number of nitrogens with zero attached hydrogens (tertiary/aromatic N) is 2. The number of aliphatic hydroxyl groups is 3. The molecule has 4 aliphatic rings. The van der Waals surface area contributed by atoms with Crippen molar-refractivity contribution in [3.63, 3.8) is 0 Å². The molecular formula is C19H27N3O7S. The third-order valence-corrected chi connectivity index (χ3v) is 8.08. The van der Waals surface area contributed by atoms with Gasteiger partial charge in [-0.15, -0.1) is 11.8 Å². The van der Waals surface area contributed by atoms with Gasteiger partial charge in [-0.05, 0) is 13.3 Å². The quantitative estimate of drug-likeness (QED) is 0.310. The molecule has 11 heteroatoms. The maximum absolute atomic E-state index is 12.7. The lowest BCUT2D eigenvalue weighted by molar-refractivity contribution is -0.163. The molecule has 3 saturated heterocycles. The van der Waals surface area contributed by atoms with E-state index in [-0.39, 0.29) is 47.8 Å². The van der Waals surface area contributed by atoms with Gasteiger partial charge in [0, 0.05) is 35.7 Å². The highest BCUT2D eigenvalue weighted by molar-refractivity contribution is 8.03. The number of fused-ring (bicyclic) bond motifs is 1. The third kappa shape index (κ3) is 3.32. The number of β-amino-alcohol motifs (C(OH)–C–C–N with tert-alkyl or cyclic N) is 2. The zero-order valence-electron chi connectivity index (χ0n) is 16.8. The minimum absolute atomic E-state index is 0.0139. The number of β-lactam (4-membered cyclic amide) rings is 1. The second-order valence-electron chi connectivity index (χ2n) is 8.59. The van der Waals surface area contributed by atoms with Crippen LogP contribution in [0.25, 0.3) is 0 Å². The topological polar surface area (TPSA) is 151 Å². The lowest BCUT2D eigenvalue weighted by atomic mass is 9.79. The molecule has 30 heavy (non-hydrogen) atoms. The van der Waals surface area contributed by atoms with Gasteiger partial charge in [0.1, 0.15) is 5.70 Å². The molecule has 0 saturated carbocycles. The number of thioether (sulfide) groups is 1. The Morgan fingerprint density at radius 1 is 1.23 bits per heavy atom. The number of amides is 2. The Labute approximate surface area is 177 Å². The molecule has 0 aromatic carbocycles. The van der Waals surface area contributed by atoms with E-state index in [1.54, 1.807) is 6.92 Å². The molecular weight excluding hydrogens is 414 g/mol. The molecule has 0 radical (unpaired) electrons. The third-order valence-electron chi connectivity index (χ3n) is 6.56. The Morgan fingerprint density at radius 2 is 1.87 bits per heavy atom. The van der Waals surface area contributed by atoms with Crippen LogP contribution in [0.15, 0.2) is 10.6 Å². The van der Waals surface area contributed by atoms with Crippen LogP contribution < -0.4 is 5.32 Å². The van der Waals surface area contributed by atoms with Crippen LogP contribution in [-0.4, -0.2) is 103 Å². The summed E-state index contributed by atoms with van der Waals surface area (Å²) in [5.74, 6) is -2.52. The number of hydrogen-bond donors (Lipinski definition) is 5. The van der Waals surface area contributed by atoms with Crippen molar-refractivity contribution in [2.75, 3.05) is 19.6 Å². The Morgan fingerprint density at radius 3 is 2.43 bits per heavy atom. The molecule has 0 spiro atoms. The smallest absolute Gasteiger partial charge is 0.353 e. The number of rotatable bonds is 5. The monoisotopic (exact) mass is 441 g/mol. The van der Waals surface area contributed by atoms with Crippen molar-refractivity contribution < 1.29 is 34.8 Å². The average Bonchev–Trinajstić information content (AvgIpc) is 3.32. The lowest BCUT2D eigenvalue weighted by Gasteiger charge is -2.46. The molecule has 10 nitrogen and oxygen atoms in total. The fourth-order valence-electron chi connectivity index (χ4n) is 5.01. The molecule has 166 valence electrons. The van der Waals surface area contributed by atoms with Crippen molar-refractivity contribution in [2.24, 2.45) is 11.8 Å². The van der Waals surface area contributed by atoms with Crippen LogP contribution in [0.3, 0.4) is 0 Å². The normalized spacial score (nSPS) is 39.4. The minimum atomic E-state index is -1.16.